The molecule has 0 spiro atoms. The first-order chi connectivity index (χ1) is 7.65. The topological polar surface area (TPSA) is 25.0 Å². The molecule has 1 heterocycles. The van der Waals surface area contributed by atoms with E-state index in [1.165, 1.54) is 0 Å². The quantitative estimate of drug-likeness (QED) is 0.824. The Kier molecular flexibility index (Phi) is 3.41. The summed E-state index contributed by atoms with van der Waals surface area (Å²) in [4.78, 5) is 3.15. The predicted molar refractivity (Wildman–Crippen MR) is 70.7 cm³/mol. The molecule has 2 rings (SSSR count). The van der Waals surface area contributed by atoms with Crippen LogP contribution in [0.1, 0.15) is 13.8 Å². The summed E-state index contributed by atoms with van der Waals surface area (Å²) in [5, 5.41) is 2.03. The van der Waals surface area contributed by atoms with E-state index in [1.54, 1.807) is 11.3 Å². The predicted octanol–water partition coefficient (Wildman–Crippen LogP) is 4.26. The maximum absolute atomic E-state index is 5.58. The van der Waals surface area contributed by atoms with E-state index >= 15 is 0 Å². The Hall–Kier alpha value is -1.13. The molecule has 0 atom stereocenters. The first-order valence-corrected chi connectivity index (χ1v) is 6.39. The van der Waals surface area contributed by atoms with Gasteiger partial charge in [-0.25, -0.2) is 0 Å². The van der Waals surface area contributed by atoms with Gasteiger partial charge in [0.1, 0.15) is 5.75 Å². The van der Waals surface area contributed by atoms with Crippen LogP contribution >= 0.6 is 23.6 Å². The summed E-state index contributed by atoms with van der Waals surface area (Å²) >= 11 is 6.60. The summed E-state index contributed by atoms with van der Waals surface area (Å²) in [6.07, 6.45) is 0.206. The minimum absolute atomic E-state index is 0.206. The Morgan fingerprint density at radius 3 is 2.44 bits per heavy atom. The van der Waals surface area contributed by atoms with Gasteiger partial charge in [-0.05, 0) is 55.9 Å². The van der Waals surface area contributed by atoms with E-state index in [9.17, 15) is 0 Å². The maximum Gasteiger partial charge on any atom is 0.158 e. The summed E-state index contributed by atoms with van der Waals surface area (Å²) in [5.74, 6) is 0.896. The molecule has 0 fully saturated rings. The summed E-state index contributed by atoms with van der Waals surface area (Å²) in [6.45, 7) is 4.04. The molecule has 0 aliphatic heterocycles. The van der Waals surface area contributed by atoms with E-state index in [0.717, 1.165) is 21.0 Å². The van der Waals surface area contributed by atoms with Gasteiger partial charge in [0, 0.05) is 5.38 Å². The van der Waals surface area contributed by atoms with Crippen LogP contribution in [0.5, 0.6) is 5.75 Å². The number of benzene rings is 1. The van der Waals surface area contributed by atoms with E-state index in [2.05, 4.69) is 4.98 Å². The highest BCUT2D eigenvalue weighted by Crippen LogP contribution is 2.23. The number of aromatic nitrogens is 1. The number of nitrogens with one attached hydrogen (secondary N) is 1. The van der Waals surface area contributed by atoms with Gasteiger partial charge in [-0.2, -0.15) is 0 Å². The lowest BCUT2D eigenvalue weighted by Crippen LogP contribution is -2.05. The third-order valence-electron chi connectivity index (χ3n) is 2.06. The molecule has 16 heavy (non-hydrogen) atoms. The lowest BCUT2D eigenvalue weighted by molar-refractivity contribution is 0.242. The number of H-pyrrole nitrogens is 1. The zero-order valence-electron chi connectivity index (χ0n) is 9.19. The lowest BCUT2D eigenvalue weighted by Gasteiger charge is -2.09. The second-order valence-electron chi connectivity index (χ2n) is 3.75. The summed E-state index contributed by atoms with van der Waals surface area (Å²) in [6, 6.07) is 8.02. The van der Waals surface area contributed by atoms with Crippen LogP contribution in [0.15, 0.2) is 29.6 Å². The molecule has 2 aromatic rings. The minimum Gasteiger partial charge on any atom is -0.491 e. The van der Waals surface area contributed by atoms with Crippen molar-refractivity contribution in [1.82, 2.24) is 4.98 Å². The van der Waals surface area contributed by atoms with Crippen molar-refractivity contribution in [3.63, 3.8) is 0 Å². The number of rotatable bonds is 3. The van der Waals surface area contributed by atoms with Gasteiger partial charge in [-0.15, -0.1) is 11.3 Å². The zero-order valence-corrected chi connectivity index (χ0v) is 10.8. The maximum atomic E-state index is 5.58. The van der Waals surface area contributed by atoms with E-state index < -0.39 is 0 Å². The van der Waals surface area contributed by atoms with Crippen LogP contribution in [0.2, 0.25) is 0 Å². The Labute approximate surface area is 104 Å². The number of hydrogen-bond acceptors (Lipinski definition) is 3. The van der Waals surface area contributed by atoms with Gasteiger partial charge >= 0.3 is 0 Å². The van der Waals surface area contributed by atoms with Gasteiger partial charge in [-0.1, -0.05) is 0 Å². The van der Waals surface area contributed by atoms with Crippen LogP contribution in [0.25, 0.3) is 11.3 Å². The van der Waals surface area contributed by atoms with Crippen molar-refractivity contribution in [3.8, 4) is 17.0 Å². The summed E-state index contributed by atoms with van der Waals surface area (Å²) in [5.41, 5.74) is 2.19. The first kappa shape index (κ1) is 11.4. The third kappa shape index (κ3) is 2.71. The molecule has 0 saturated carbocycles. The highest BCUT2D eigenvalue weighted by molar-refractivity contribution is 7.73. The molecule has 0 aliphatic carbocycles. The van der Waals surface area contributed by atoms with Crippen molar-refractivity contribution in [2.45, 2.75) is 20.0 Å². The highest BCUT2D eigenvalue weighted by atomic mass is 32.1. The van der Waals surface area contributed by atoms with Gasteiger partial charge < -0.3 is 9.72 Å². The Morgan fingerprint density at radius 2 is 1.94 bits per heavy atom. The third-order valence-corrected chi connectivity index (χ3v) is 3.12. The molecule has 4 heteroatoms. The molecule has 1 N–H and O–H groups in total. The minimum atomic E-state index is 0.206. The molecule has 0 amide bonds. The molecule has 1 aromatic carbocycles. The lowest BCUT2D eigenvalue weighted by atomic mass is 10.2. The summed E-state index contributed by atoms with van der Waals surface area (Å²) < 4.78 is 6.39. The van der Waals surface area contributed by atoms with Crippen LogP contribution in [0.4, 0.5) is 0 Å². The fraction of sp³-hybridized carbons (Fsp3) is 0.250. The van der Waals surface area contributed by atoms with Crippen LogP contribution in [-0.4, -0.2) is 11.1 Å². The van der Waals surface area contributed by atoms with Crippen LogP contribution < -0.4 is 4.74 Å². The molecule has 2 nitrogen and oxygen atoms in total. The Balaban J connectivity index is 2.22. The smallest absolute Gasteiger partial charge is 0.158 e. The largest absolute Gasteiger partial charge is 0.491 e. The van der Waals surface area contributed by atoms with Crippen molar-refractivity contribution < 1.29 is 4.74 Å². The average Bonchev–Trinajstić information content (AvgIpc) is 2.65. The summed E-state index contributed by atoms with van der Waals surface area (Å²) in [7, 11) is 0. The molecule has 0 saturated heterocycles. The fourth-order valence-electron chi connectivity index (χ4n) is 1.41. The van der Waals surface area contributed by atoms with Crippen LogP contribution in [0, 0.1) is 3.95 Å². The molecule has 1 aromatic heterocycles. The fourth-order valence-corrected chi connectivity index (χ4v) is 2.25. The number of hydrogen-bond donors (Lipinski definition) is 1. The van der Waals surface area contributed by atoms with Crippen molar-refractivity contribution in [1.29, 1.82) is 0 Å². The number of aromatic amines is 1. The molecule has 0 radical (unpaired) electrons. The van der Waals surface area contributed by atoms with Gasteiger partial charge in [0.25, 0.3) is 0 Å². The monoisotopic (exact) mass is 251 g/mol. The second-order valence-corrected chi connectivity index (χ2v) is 5.30. The highest BCUT2D eigenvalue weighted by Gasteiger charge is 2.01. The standard InChI is InChI=1S/C12H13NOS2/c1-8(2)14-10-5-3-9(4-6-10)11-7-16-12(15)13-11/h3-8H,1-2H3,(H,13,15). The van der Waals surface area contributed by atoms with E-state index in [4.69, 9.17) is 17.0 Å². The van der Waals surface area contributed by atoms with Crippen molar-refractivity contribution in [2.75, 3.05) is 0 Å². The number of ether oxygens (including phenoxy) is 1. The SMILES string of the molecule is CC(C)Oc1ccc(-c2csc(=S)[nH]2)cc1. The number of thiazole rings is 1. The van der Waals surface area contributed by atoms with Gasteiger partial charge in [-0.3, -0.25) is 0 Å². The van der Waals surface area contributed by atoms with Crippen molar-refractivity contribution in [2.24, 2.45) is 0 Å². The molecule has 84 valence electrons. The Bertz CT molecular complexity index is 510. The first-order valence-electron chi connectivity index (χ1n) is 5.10. The average molecular weight is 251 g/mol. The van der Waals surface area contributed by atoms with Crippen molar-refractivity contribution >= 4 is 23.6 Å². The molecular formula is C12H13NOS2. The van der Waals surface area contributed by atoms with Gasteiger partial charge in [0.05, 0.1) is 11.8 Å². The molecule has 0 unspecified atom stereocenters. The second kappa shape index (κ2) is 4.80. The normalized spacial score (nSPS) is 10.7. The zero-order chi connectivity index (χ0) is 11.5. The van der Waals surface area contributed by atoms with Gasteiger partial charge in [0.15, 0.2) is 3.95 Å². The van der Waals surface area contributed by atoms with E-state index in [0.29, 0.717) is 0 Å². The van der Waals surface area contributed by atoms with E-state index in [-0.39, 0.29) is 6.10 Å². The van der Waals surface area contributed by atoms with E-state index in [1.807, 2.05) is 43.5 Å². The van der Waals surface area contributed by atoms with Gasteiger partial charge in [0.2, 0.25) is 0 Å². The molecule has 0 aliphatic rings. The Morgan fingerprint density at radius 1 is 1.25 bits per heavy atom. The molecule has 0 bridgehead atoms. The van der Waals surface area contributed by atoms with Crippen LogP contribution in [-0.2, 0) is 0 Å². The van der Waals surface area contributed by atoms with Crippen LogP contribution in [0.3, 0.4) is 0 Å². The van der Waals surface area contributed by atoms with Crippen molar-refractivity contribution in [3.05, 3.63) is 33.6 Å². The molecular weight excluding hydrogens is 238 g/mol.